The molecule has 2 aromatic carbocycles. The number of benzene rings is 2. The molecule has 0 spiro atoms. The molecule has 0 amide bonds. The zero-order valence-corrected chi connectivity index (χ0v) is 13.2. The normalized spacial score (nSPS) is 10.9. The van der Waals surface area contributed by atoms with Crippen LogP contribution in [-0.4, -0.2) is 11.5 Å². The lowest BCUT2D eigenvalue weighted by molar-refractivity contribution is 1.07. The summed E-state index contributed by atoms with van der Waals surface area (Å²) in [6.45, 7) is 3.42. The molecule has 0 aliphatic heterocycles. The number of aromatic nitrogens is 1. The summed E-state index contributed by atoms with van der Waals surface area (Å²) in [5.74, 6) is 0. The van der Waals surface area contributed by atoms with Gasteiger partial charge in [-0.1, -0.05) is 41.9 Å². The maximum Gasteiger partial charge on any atom is 0.0827 e. The quantitative estimate of drug-likeness (QED) is 0.748. The van der Waals surface area contributed by atoms with E-state index in [9.17, 15) is 0 Å². The highest BCUT2D eigenvalue weighted by Gasteiger charge is 2.08. The summed E-state index contributed by atoms with van der Waals surface area (Å²) in [4.78, 5) is 4.40. The van der Waals surface area contributed by atoms with Gasteiger partial charge in [0.05, 0.1) is 16.2 Å². The molecule has 3 nitrogen and oxygen atoms in total. The molecule has 0 unspecified atom stereocenters. The monoisotopic (exact) mass is 311 g/mol. The lowest BCUT2D eigenvalue weighted by atomic mass is 10.0. The predicted octanol–water partition coefficient (Wildman–Crippen LogP) is 4.45. The molecule has 0 radical (unpaired) electrons. The summed E-state index contributed by atoms with van der Waals surface area (Å²) in [6, 6.07) is 14.5. The van der Waals surface area contributed by atoms with E-state index in [0.29, 0.717) is 11.6 Å². The first-order chi connectivity index (χ1) is 10.7. The van der Waals surface area contributed by atoms with Crippen LogP contribution in [0.3, 0.4) is 0 Å². The van der Waals surface area contributed by atoms with E-state index in [0.717, 1.165) is 39.8 Å². The van der Waals surface area contributed by atoms with E-state index in [1.165, 1.54) is 0 Å². The van der Waals surface area contributed by atoms with Gasteiger partial charge in [0.2, 0.25) is 0 Å². The average molecular weight is 312 g/mol. The molecule has 4 heteroatoms. The number of halogens is 1. The number of pyridine rings is 1. The Kier molecular flexibility index (Phi) is 4.27. The van der Waals surface area contributed by atoms with E-state index >= 15 is 0 Å². The van der Waals surface area contributed by atoms with E-state index in [-0.39, 0.29) is 0 Å². The van der Waals surface area contributed by atoms with Gasteiger partial charge < -0.3 is 11.1 Å². The van der Waals surface area contributed by atoms with Crippen molar-refractivity contribution in [3.63, 3.8) is 0 Å². The van der Waals surface area contributed by atoms with Crippen molar-refractivity contribution >= 4 is 28.2 Å². The fourth-order valence-electron chi connectivity index (χ4n) is 2.54. The van der Waals surface area contributed by atoms with Gasteiger partial charge in [0.25, 0.3) is 0 Å². The van der Waals surface area contributed by atoms with Crippen molar-refractivity contribution in [1.29, 1.82) is 0 Å². The number of fused-ring (bicyclic) bond motifs is 1. The topological polar surface area (TPSA) is 50.9 Å². The number of anilines is 1. The molecule has 22 heavy (non-hydrogen) atoms. The van der Waals surface area contributed by atoms with E-state index in [1.807, 2.05) is 6.07 Å². The van der Waals surface area contributed by atoms with Gasteiger partial charge in [0, 0.05) is 24.7 Å². The molecular formula is C18H18ClN3. The number of hydrogen-bond acceptors (Lipinski definition) is 3. The number of nitrogens with one attached hydrogen (secondary N) is 1. The molecule has 1 heterocycles. The van der Waals surface area contributed by atoms with Crippen molar-refractivity contribution in [2.24, 2.45) is 5.73 Å². The van der Waals surface area contributed by atoms with Crippen LogP contribution in [0.2, 0.25) is 5.02 Å². The van der Waals surface area contributed by atoms with Crippen LogP contribution in [0.25, 0.3) is 22.0 Å². The lowest BCUT2D eigenvalue weighted by Crippen LogP contribution is -1.99. The van der Waals surface area contributed by atoms with Crippen LogP contribution < -0.4 is 11.1 Å². The van der Waals surface area contributed by atoms with Gasteiger partial charge >= 0.3 is 0 Å². The van der Waals surface area contributed by atoms with Crippen LogP contribution in [0.5, 0.6) is 0 Å². The highest BCUT2D eigenvalue weighted by molar-refractivity contribution is 6.34. The number of rotatable bonds is 4. The Morgan fingerprint density at radius 2 is 1.82 bits per heavy atom. The van der Waals surface area contributed by atoms with Crippen LogP contribution in [-0.2, 0) is 6.54 Å². The van der Waals surface area contributed by atoms with Gasteiger partial charge in [0.1, 0.15) is 0 Å². The highest BCUT2D eigenvalue weighted by Crippen LogP contribution is 2.32. The number of nitrogens with two attached hydrogens (primary N) is 1. The maximum atomic E-state index is 6.28. The summed E-state index contributed by atoms with van der Waals surface area (Å²) < 4.78 is 0. The van der Waals surface area contributed by atoms with Gasteiger partial charge in [-0.2, -0.15) is 0 Å². The molecule has 0 saturated carbocycles. The molecule has 3 N–H and O–H groups in total. The zero-order valence-electron chi connectivity index (χ0n) is 12.4. The Morgan fingerprint density at radius 1 is 1.09 bits per heavy atom. The molecule has 0 atom stereocenters. The minimum atomic E-state index is 0.558. The van der Waals surface area contributed by atoms with Crippen LogP contribution in [0.1, 0.15) is 12.5 Å². The standard InChI is InChI=1S/C18H18ClN3/c1-2-21-18-15-9-14(7-8-17(15)22-11-16(18)19)13-5-3-12(10-20)4-6-13/h3-9,11H,2,10,20H2,1H3,(H,21,22). The third kappa shape index (κ3) is 2.78. The van der Waals surface area contributed by atoms with Gasteiger partial charge in [-0.05, 0) is 35.7 Å². The minimum absolute atomic E-state index is 0.558. The summed E-state index contributed by atoms with van der Waals surface area (Å²) >= 11 is 6.28. The van der Waals surface area contributed by atoms with Crippen molar-refractivity contribution in [1.82, 2.24) is 4.98 Å². The molecule has 0 fully saturated rings. The zero-order chi connectivity index (χ0) is 15.5. The Morgan fingerprint density at radius 3 is 2.50 bits per heavy atom. The van der Waals surface area contributed by atoms with Crippen LogP contribution in [0.4, 0.5) is 5.69 Å². The molecule has 1 aromatic heterocycles. The van der Waals surface area contributed by atoms with Gasteiger partial charge in [-0.3, -0.25) is 4.98 Å². The largest absolute Gasteiger partial charge is 0.384 e. The van der Waals surface area contributed by atoms with E-state index in [4.69, 9.17) is 17.3 Å². The lowest BCUT2D eigenvalue weighted by Gasteiger charge is -2.11. The second-order valence-corrected chi connectivity index (χ2v) is 5.55. The number of hydrogen-bond donors (Lipinski definition) is 2. The fraction of sp³-hybridized carbons (Fsp3) is 0.167. The Hall–Kier alpha value is -2.10. The van der Waals surface area contributed by atoms with E-state index in [2.05, 4.69) is 53.6 Å². The van der Waals surface area contributed by atoms with Crippen molar-refractivity contribution in [2.75, 3.05) is 11.9 Å². The average Bonchev–Trinajstić information content (AvgIpc) is 2.57. The third-order valence-electron chi connectivity index (χ3n) is 3.70. The van der Waals surface area contributed by atoms with E-state index in [1.54, 1.807) is 6.20 Å². The Balaban J connectivity index is 2.12. The molecule has 3 aromatic rings. The molecule has 0 saturated heterocycles. The first kappa shape index (κ1) is 14.8. The van der Waals surface area contributed by atoms with Crippen molar-refractivity contribution in [2.45, 2.75) is 13.5 Å². The molecule has 3 rings (SSSR count). The molecule has 112 valence electrons. The third-order valence-corrected chi connectivity index (χ3v) is 3.98. The SMILES string of the molecule is CCNc1c(Cl)cnc2ccc(-c3ccc(CN)cc3)cc12. The van der Waals surface area contributed by atoms with Gasteiger partial charge in [0.15, 0.2) is 0 Å². The second-order valence-electron chi connectivity index (χ2n) is 5.14. The first-order valence-electron chi connectivity index (χ1n) is 7.34. The van der Waals surface area contributed by atoms with Crippen LogP contribution in [0, 0.1) is 0 Å². The molecular weight excluding hydrogens is 294 g/mol. The predicted molar refractivity (Wildman–Crippen MR) is 94.2 cm³/mol. The smallest absolute Gasteiger partial charge is 0.0827 e. The highest BCUT2D eigenvalue weighted by atomic mass is 35.5. The summed E-state index contributed by atoms with van der Waals surface area (Å²) in [5.41, 5.74) is 10.9. The minimum Gasteiger partial charge on any atom is -0.384 e. The fourth-order valence-corrected chi connectivity index (χ4v) is 2.75. The number of nitrogens with zero attached hydrogens (tertiary/aromatic N) is 1. The second kappa shape index (κ2) is 6.34. The molecule has 0 bridgehead atoms. The van der Waals surface area contributed by atoms with Crippen molar-refractivity contribution in [3.05, 3.63) is 59.2 Å². The molecule has 0 aliphatic rings. The Labute approximate surface area is 135 Å². The van der Waals surface area contributed by atoms with Gasteiger partial charge in [-0.25, -0.2) is 0 Å². The maximum absolute atomic E-state index is 6.28. The van der Waals surface area contributed by atoms with Crippen molar-refractivity contribution < 1.29 is 0 Å². The summed E-state index contributed by atoms with van der Waals surface area (Å²) in [6.07, 6.45) is 1.69. The van der Waals surface area contributed by atoms with Gasteiger partial charge in [-0.15, -0.1) is 0 Å². The van der Waals surface area contributed by atoms with Crippen molar-refractivity contribution in [3.8, 4) is 11.1 Å². The first-order valence-corrected chi connectivity index (χ1v) is 7.72. The van der Waals surface area contributed by atoms with E-state index < -0.39 is 0 Å². The summed E-state index contributed by atoms with van der Waals surface area (Å²) in [7, 11) is 0. The van der Waals surface area contributed by atoms with Crippen LogP contribution >= 0.6 is 11.6 Å². The van der Waals surface area contributed by atoms with Crippen LogP contribution in [0.15, 0.2) is 48.7 Å². The summed E-state index contributed by atoms with van der Waals surface area (Å²) in [5, 5.41) is 5.01. The Bertz CT molecular complexity index is 797. The molecule has 0 aliphatic carbocycles.